The van der Waals surface area contributed by atoms with Crippen LogP contribution in [0.2, 0.25) is 0 Å². The second-order valence-electron chi connectivity index (χ2n) is 6.02. The van der Waals surface area contributed by atoms with E-state index in [1.54, 1.807) is 0 Å². The molecular formula is C21H16N2O3S. The van der Waals surface area contributed by atoms with Gasteiger partial charge in [0.1, 0.15) is 18.0 Å². The van der Waals surface area contributed by atoms with E-state index in [4.69, 9.17) is 4.74 Å². The van der Waals surface area contributed by atoms with Crippen LogP contribution in [0.5, 0.6) is 0 Å². The molecule has 4 aromatic rings. The first-order chi connectivity index (χ1) is 13.2. The van der Waals surface area contributed by atoms with Crippen molar-refractivity contribution in [2.45, 2.75) is 13.2 Å². The lowest BCUT2D eigenvalue weighted by atomic mass is 10.1. The molecule has 0 saturated carbocycles. The first kappa shape index (κ1) is 17.2. The summed E-state index contributed by atoms with van der Waals surface area (Å²) in [5.41, 5.74) is 2.44. The van der Waals surface area contributed by atoms with E-state index in [1.807, 2.05) is 66.0 Å². The van der Waals surface area contributed by atoms with Gasteiger partial charge in [0.05, 0.1) is 11.7 Å². The normalized spacial score (nSPS) is 10.8. The summed E-state index contributed by atoms with van der Waals surface area (Å²) >= 11 is 1.42. The van der Waals surface area contributed by atoms with Crippen LogP contribution in [0.25, 0.3) is 21.3 Å². The number of esters is 1. The number of carbonyl (C=O) groups excluding carboxylic acids is 1. The van der Waals surface area contributed by atoms with Gasteiger partial charge in [-0.2, -0.15) is 0 Å². The van der Waals surface area contributed by atoms with Gasteiger partial charge >= 0.3 is 5.97 Å². The molecule has 0 spiro atoms. The van der Waals surface area contributed by atoms with E-state index in [-0.39, 0.29) is 18.7 Å². The summed E-state index contributed by atoms with van der Waals surface area (Å²) in [4.78, 5) is 30.1. The number of aromatic nitrogens is 2. The Balaban J connectivity index is 1.58. The number of hydrogen-bond donors (Lipinski definition) is 0. The largest absolute Gasteiger partial charge is 0.459 e. The molecule has 0 saturated heterocycles. The Bertz CT molecular complexity index is 1130. The molecule has 0 N–H and O–H groups in total. The highest BCUT2D eigenvalue weighted by Gasteiger charge is 2.15. The predicted octanol–water partition coefficient (Wildman–Crippen LogP) is 3.87. The van der Waals surface area contributed by atoms with Crippen LogP contribution in [0.15, 0.2) is 77.2 Å². The summed E-state index contributed by atoms with van der Waals surface area (Å²) in [6.45, 7) is 0.0104. The van der Waals surface area contributed by atoms with Crippen molar-refractivity contribution < 1.29 is 9.53 Å². The van der Waals surface area contributed by atoms with Gasteiger partial charge in [0.2, 0.25) is 0 Å². The first-order valence-electron chi connectivity index (χ1n) is 8.44. The Kier molecular flexibility index (Phi) is 4.80. The average Bonchev–Trinajstić information content (AvgIpc) is 3.15. The fourth-order valence-corrected chi connectivity index (χ4v) is 3.74. The molecule has 134 valence electrons. The molecule has 2 aromatic heterocycles. The van der Waals surface area contributed by atoms with Crippen molar-refractivity contribution in [1.82, 2.24) is 9.55 Å². The fourth-order valence-electron chi connectivity index (χ4n) is 2.83. The molecule has 0 bridgehead atoms. The number of fused-ring (bicyclic) bond motifs is 1. The molecule has 6 heteroatoms. The van der Waals surface area contributed by atoms with Crippen LogP contribution in [0.3, 0.4) is 0 Å². The van der Waals surface area contributed by atoms with Crippen LogP contribution < -0.4 is 5.56 Å². The number of nitrogens with zero attached hydrogens (tertiary/aromatic N) is 2. The van der Waals surface area contributed by atoms with E-state index in [9.17, 15) is 9.59 Å². The molecule has 0 radical (unpaired) electrons. The SMILES string of the molecule is O=C(Cn1cnc2scc(-c3ccccc3)c2c1=O)OCc1ccccc1. The molecule has 0 amide bonds. The molecule has 27 heavy (non-hydrogen) atoms. The van der Waals surface area contributed by atoms with Crippen molar-refractivity contribution in [3.8, 4) is 11.1 Å². The van der Waals surface area contributed by atoms with Crippen molar-refractivity contribution in [2.75, 3.05) is 0 Å². The van der Waals surface area contributed by atoms with Crippen molar-refractivity contribution in [2.24, 2.45) is 0 Å². The lowest BCUT2D eigenvalue weighted by molar-refractivity contribution is -0.145. The standard InChI is InChI=1S/C21H16N2O3S/c24-18(26-12-15-7-3-1-4-8-15)11-23-14-22-20-19(21(23)25)17(13-27-20)16-9-5-2-6-10-16/h1-10,13-14H,11-12H2. The molecule has 2 aromatic carbocycles. The lowest BCUT2D eigenvalue weighted by Gasteiger charge is -2.07. The number of benzene rings is 2. The third-order valence-corrected chi connectivity index (χ3v) is 5.07. The Morgan fingerprint density at radius 2 is 1.74 bits per heavy atom. The predicted molar refractivity (Wildman–Crippen MR) is 106 cm³/mol. The van der Waals surface area contributed by atoms with E-state index in [1.165, 1.54) is 22.2 Å². The number of thiophene rings is 1. The minimum atomic E-state index is -0.474. The van der Waals surface area contributed by atoms with Crippen LogP contribution in [0.4, 0.5) is 0 Å². The Labute approximate surface area is 159 Å². The number of ether oxygens (including phenoxy) is 1. The molecule has 0 aliphatic rings. The zero-order valence-electron chi connectivity index (χ0n) is 14.4. The van der Waals surface area contributed by atoms with Gasteiger partial charge in [0.15, 0.2) is 0 Å². The molecule has 0 fully saturated rings. The Morgan fingerprint density at radius 1 is 1.04 bits per heavy atom. The van der Waals surface area contributed by atoms with Gasteiger partial charge in [0.25, 0.3) is 5.56 Å². The average molecular weight is 376 g/mol. The maximum absolute atomic E-state index is 12.9. The van der Waals surface area contributed by atoms with Gasteiger partial charge in [-0.25, -0.2) is 4.98 Å². The molecule has 2 heterocycles. The van der Waals surface area contributed by atoms with Crippen LogP contribution in [0.1, 0.15) is 5.56 Å². The van der Waals surface area contributed by atoms with Crippen molar-refractivity contribution >= 4 is 27.5 Å². The summed E-state index contributed by atoms with van der Waals surface area (Å²) in [5, 5.41) is 2.46. The summed E-state index contributed by atoms with van der Waals surface area (Å²) in [6.07, 6.45) is 1.40. The van der Waals surface area contributed by atoms with Crippen molar-refractivity contribution in [1.29, 1.82) is 0 Å². The van der Waals surface area contributed by atoms with E-state index < -0.39 is 5.97 Å². The minimum absolute atomic E-state index is 0.168. The number of rotatable bonds is 5. The third-order valence-electron chi connectivity index (χ3n) is 4.19. The Hall–Kier alpha value is -3.25. The maximum atomic E-state index is 12.9. The van der Waals surface area contributed by atoms with Crippen molar-refractivity contribution in [3.63, 3.8) is 0 Å². The lowest BCUT2D eigenvalue weighted by Crippen LogP contribution is -2.25. The topological polar surface area (TPSA) is 61.2 Å². The Morgan fingerprint density at radius 3 is 2.48 bits per heavy atom. The van der Waals surface area contributed by atoms with E-state index >= 15 is 0 Å². The zero-order chi connectivity index (χ0) is 18.6. The van der Waals surface area contributed by atoms with Crippen molar-refractivity contribution in [3.05, 3.63) is 88.3 Å². The minimum Gasteiger partial charge on any atom is -0.459 e. The van der Waals surface area contributed by atoms with E-state index in [0.29, 0.717) is 10.2 Å². The van der Waals surface area contributed by atoms with E-state index in [0.717, 1.165) is 16.7 Å². The second kappa shape index (κ2) is 7.55. The first-order valence-corrected chi connectivity index (χ1v) is 9.32. The number of hydrogen-bond acceptors (Lipinski definition) is 5. The smallest absolute Gasteiger partial charge is 0.326 e. The van der Waals surface area contributed by atoms with Crippen LogP contribution in [-0.4, -0.2) is 15.5 Å². The number of carbonyl (C=O) groups is 1. The highest BCUT2D eigenvalue weighted by molar-refractivity contribution is 7.17. The van der Waals surface area contributed by atoms with Crippen LogP contribution in [0, 0.1) is 0 Å². The van der Waals surface area contributed by atoms with E-state index in [2.05, 4.69) is 4.98 Å². The second-order valence-corrected chi connectivity index (χ2v) is 6.88. The molecule has 0 aliphatic carbocycles. The van der Waals surface area contributed by atoms with Crippen LogP contribution >= 0.6 is 11.3 Å². The summed E-state index contributed by atoms with van der Waals surface area (Å²) in [5.74, 6) is -0.474. The molecule has 0 atom stereocenters. The fraction of sp³-hybridized carbons (Fsp3) is 0.0952. The molecular weight excluding hydrogens is 360 g/mol. The third kappa shape index (κ3) is 3.66. The van der Waals surface area contributed by atoms with Gasteiger partial charge in [-0.05, 0) is 11.1 Å². The maximum Gasteiger partial charge on any atom is 0.326 e. The molecule has 0 aliphatic heterocycles. The van der Waals surface area contributed by atoms with Gasteiger partial charge in [0, 0.05) is 10.9 Å². The summed E-state index contributed by atoms with van der Waals surface area (Å²) in [7, 11) is 0. The zero-order valence-corrected chi connectivity index (χ0v) is 15.2. The van der Waals surface area contributed by atoms with Gasteiger partial charge < -0.3 is 4.74 Å². The van der Waals surface area contributed by atoms with Gasteiger partial charge in [-0.3, -0.25) is 14.2 Å². The molecule has 5 nitrogen and oxygen atoms in total. The quantitative estimate of drug-likeness (QED) is 0.496. The highest BCUT2D eigenvalue weighted by Crippen LogP contribution is 2.30. The molecule has 4 rings (SSSR count). The van der Waals surface area contributed by atoms with Gasteiger partial charge in [-0.15, -0.1) is 11.3 Å². The molecule has 0 unspecified atom stereocenters. The highest BCUT2D eigenvalue weighted by atomic mass is 32.1. The summed E-state index contributed by atoms with van der Waals surface area (Å²) in [6, 6.07) is 19.1. The summed E-state index contributed by atoms with van der Waals surface area (Å²) < 4.78 is 6.57. The van der Waals surface area contributed by atoms with Gasteiger partial charge in [-0.1, -0.05) is 60.7 Å². The van der Waals surface area contributed by atoms with Crippen LogP contribution in [-0.2, 0) is 22.7 Å². The monoisotopic (exact) mass is 376 g/mol.